The van der Waals surface area contributed by atoms with Crippen LogP contribution < -0.4 is 5.32 Å². The number of ether oxygens (including phenoxy) is 1. The lowest BCUT2D eigenvalue weighted by Crippen LogP contribution is -2.30. The second-order valence-corrected chi connectivity index (χ2v) is 6.90. The Morgan fingerprint density at radius 2 is 1.59 bits per heavy atom. The van der Waals surface area contributed by atoms with Crippen LogP contribution in [0, 0.1) is 10.1 Å². The van der Waals surface area contributed by atoms with Crippen molar-refractivity contribution in [1.29, 1.82) is 0 Å². The maximum Gasteiger partial charge on any atom is 0.433 e. The fraction of sp³-hybridized carbons (Fsp3) is 0.0909. The van der Waals surface area contributed by atoms with Crippen LogP contribution in [0.25, 0.3) is 0 Å². The summed E-state index contributed by atoms with van der Waals surface area (Å²) < 4.78 is 9.72. The van der Waals surface area contributed by atoms with Crippen LogP contribution in [0.15, 0.2) is 59.0 Å². The third kappa shape index (κ3) is 3.65. The normalized spacial score (nSPS) is 13.0. The highest BCUT2D eigenvalue weighted by molar-refractivity contribution is 6.28. The van der Waals surface area contributed by atoms with Crippen molar-refractivity contribution >= 4 is 35.0 Å². The van der Waals surface area contributed by atoms with E-state index in [1.54, 1.807) is 24.3 Å². The van der Waals surface area contributed by atoms with E-state index < -0.39 is 34.5 Å². The van der Waals surface area contributed by atoms with Crippen LogP contribution in [0.1, 0.15) is 49.3 Å². The minimum atomic E-state index is -1.28. The number of carbonyl (C=O) groups is 4. The number of rotatable bonds is 5. The summed E-state index contributed by atoms with van der Waals surface area (Å²) in [5.74, 6) is -3.46. The van der Waals surface area contributed by atoms with E-state index in [0.717, 1.165) is 12.1 Å². The molecule has 1 aromatic heterocycles. The molecule has 1 aliphatic rings. The average Bonchev–Trinajstić information content (AvgIpc) is 3.28. The Morgan fingerprint density at radius 3 is 2.22 bits per heavy atom. The molecule has 10 heteroatoms. The van der Waals surface area contributed by atoms with E-state index in [2.05, 4.69) is 5.32 Å². The molecule has 0 spiro atoms. The van der Waals surface area contributed by atoms with Crippen LogP contribution in [0.5, 0.6) is 0 Å². The van der Waals surface area contributed by atoms with Crippen LogP contribution in [-0.2, 0) is 9.53 Å². The third-order valence-corrected chi connectivity index (χ3v) is 4.82. The van der Waals surface area contributed by atoms with Gasteiger partial charge >= 0.3 is 11.9 Å². The zero-order valence-electron chi connectivity index (χ0n) is 16.5. The molecule has 32 heavy (non-hydrogen) atoms. The number of furan rings is 1. The third-order valence-electron chi connectivity index (χ3n) is 4.82. The van der Waals surface area contributed by atoms with Gasteiger partial charge in [-0.05, 0) is 31.2 Å². The first kappa shape index (κ1) is 20.7. The molecule has 0 bridgehead atoms. The lowest BCUT2D eigenvalue weighted by Gasteiger charge is -2.18. The molecule has 160 valence electrons. The molecule has 1 atom stereocenters. The number of benzene rings is 2. The molecule has 0 saturated carbocycles. The number of nitrogens with zero attached hydrogens (tertiary/aromatic N) is 1. The van der Waals surface area contributed by atoms with Gasteiger partial charge in [0.15, 0.2) is 17.7 Å². The smallest absolute Gasteiger partial charge is 0.433 e. The minimum Gasteiger partial charge on any atom is -0.447 e. The van der Waals surface area contributed by atoms with Crippen molar-refractivity contribution in [2.24, 2.45) is 0 Å². The molecule has 3 aromatic rings. The van der Waals surface area contributed by atoms with Gasteiger partial charge in [-0.15, -0.1) is 0 Å². The van der Waals surface area contributed by atoms with Gasteiger partial charge in [-0.3, -0.25) is 24.5 Å². The second kappa shape index (κ2) is 7.91. The van der Waals surface area contributed by atoms with Gasteiger partial charge in [-0.2, -0.15) is 0 Å². The van der Waals surface area contributed by atoms with Crippen LogP contribution in [0.2, 0.25) is 0 Å². The maximum absolute atomic E-state index is 12.8. The Hall–Kier alpha value is -4.60. The first-order valence-electron chi connectivity index (χ1n) is 9.35. The predicted octanol–water partition coefficient (Wildman–Crippen LogP) is 3.15. The van der Waals surface area contributed by atoms with E-state index in [-0.39, 0.29) is 33.9 Å². The molecule has 0 saturated heterocycles. The SMILES string of the molecule is CC(OC(=O)c1ccc([N+](=O)[O-])o1)C(=O)Nc1ccc2c(c1)C(=O)c1ccccc1C2=O. The summed E-state index contributed by atoms with van der Waals surface area (Å²) in [6.07, 6.45) is -1.28. The summed E-state index contributed by atoms with van der Waals surface area (Å²) in [6.45, 7) is 1.30. The number of hydrogen-bond acceptors (Lipinski definition) is 8. The number of anilines is 1. The lowest BCUT2D eigenvalue weighted by molar-refractivity contribution is -0.402. The number of fused-ring (bicyclic) bond motifs is 2. The number of ketones is 2. The highest BCUT2D eigenvalue weighted by Gasteiger charge is 2.30. The molecule has 0 aliphatic heterocycles. The monoisotopic (exact) mass is 434 g/mol. The van der Waals surface area contributed by atoms with Gasteiger partial charge in [0.05, 0.1) is 6.07 Å². The lowest BCUT2D eigenvalue weighted by atomic mass is 9.84. The molecule has 2 aromatic carbocycles. The van der Waals surface area contributed by atoms with E-state index in [1.807, 2.05) is 0 Å². The molecule has 0 radical (unpaired) electrons. The Kier molecular flexibility index (Phi) is 5.11. The molecular formula is C22H14N2O8. The predicted molar refractivity (Wildman–Crippen MR) is 109 cm³/mol. The van der Waals surface area contributed by atoms with Crippen molar-refractivity contribution in [1.82, 2.24) is 0 Å². The van der Waals surface area contributed by atoms with Crippen LogP contribution in [-0.4, -0.2) is 34.5 Å². The van der Waals surface area contributed by atoms with Gasteiger partial charge in [-0.25, -0.2) is 4.79 Å². The largest absolute Gasteiger partial charge is 0.447 e. The molecule has 1 N–H and O–H groups in total. The first-order valence-corrected chi connectivity index (χ1v) is 9.35. The molecule has 1 unspecified atom stereocenters. The van der Waals surface area contributed by atoms with Crippen molar-refractivity contribution in [2.75, 3.05) is 5.32 Å². The molecule has 1 amide bonds. The topological polar surface area (TPSA) is 146 Å². The number of carbonyl (C=O) groups excluding carboxylic acids is 4. The van der Waals surface area contributed by atoms with Gasteiger partial charge < -0.3 is 14.5 Å². The summed E-state index contributed by atoms with van der Waals surface area (Å²) in [5, 5.41) is 13.1. The summed E-state index contributed by atoms with van der Waals surface area (Å²) in [6, 6.07) is 12.8. The first-order chi connectivity index (χ1) is 15.3. The molecule has 1 heterocycles. The molecule has 0 fully saturated rings. The molecule has 1 aliphatic carbocycles. The Balaban J connectivity index is 1.48. The van der Waals surface area contributed by atoms with Crippen molar-refractivity contribution < 1.29 is 33.3 Å². The van der Waals surface area contributed by atoms with Crippen molar-refractivity contribution in [2.45, 2.75) is 13.0 Å². The number of amides is 1. The Bertz CT molecular complexity index is 1310. The molecule has 10 nitrogen and oxygen atoms in total. The molecular weight excluding hydrogens is 420 g/mol. The zero-order chi connectivity index (χ0) is 23.0. The van der Waals surface area contributed by atoms with Gasteiger partial charge in [0.2, 0.25) is 5.76 Å². The quantitative estimate of drug-likeness (QED) is 0.286. The summed E-state index contributed by atoms with van der Waals surface area (Å²) >= 11 is 0. The average molecular weight is 434 g/mol. The number of esters is 1. The number of nitro groups is 1. The van der Waals surface area contributed by atoms with E-state index in [4.69, 9.17) is 9.15 Å². The van der Waals surface area contributed by atoms with E-state index in [9.17, 15) is 29.3 Å². The minimum absolute atomic E-state index is 0.152. The fourth-order valence-electron chi connectivity index (χ4n) is 3.23. The van der Waals surface area contributed by atoms with Crippen LogP contribution in [0.4, 0.5) is 11.6 Å². The van der Waals surface area contributed by atoms with Gasteiger partial charge in [0, 0.05) is 27.9 Å². The zero-order valence-corrected chi connectivity index (χ0v) is 16.5. The van der Waals surface area contributed by atoms with Crippen LogP contribution >= 0.6 is 0 Å². The Labute approximate surface area is 179 Å². The van der Waals surface area contributed by atoms with Crippen molar-refractivity contribution in [3.8, 4) is 0 Å². The molecule has 4 rings (SSSR count). The maximum atomic E-state index is 12.8. The highest BCUT2D eigenvalue weighted by Crippen LogP contribution is 2.29. The van der Waals surface area contributed by atoms with E-state index in [1.165, 1.54) is 25.1 Å². The summed E-state index contributed by atoms with van der Waals surface area (Å²) in [4.78, 5) is 59.7. The standard InChI is InChI=1S/C22H14N2O8/c1-11(31-22(28)17-8-9-18(32-17)24(29)30)21(27)23-12-6-7-15-16(10-12)20(26)14-5-3-2-4-13(14)19(15)25/h2-11H,1H3,(H,23,27). The second-order valence-electron chi connectivity index (χ2n) is 6.90. The highest BCUT2D eigenvalue weighted by atomic mass is 16.7. The van der Waals surface area contributed by atoms with Gasteiger partial charge in [-0.1, -0.05) is 24.3 Å². The van der Waals surface area contributed by atoms with E-state index >= 15 is 0 Å². The summed E-state index contributed by atoms with van der Waals surface area (Å²) in [7, 11) is 0. The van der Waals surface area contributed by atoms with Crippen LogP contribution in [0.3, 0.4) is 0 Å². The van der Waals surface area contributed by atoms with Crippen molar-refractivity contribution in [3.63, 3.8) is 0 Å². The van der Waals surface area contributed by atoms with Gasteiger partial charge in [0.25, 0.3) is 5.91 Å². The Morgan fingerprint density at radius 1 is 0.969 bits per heavy atom. The number of nitrogens with one attached hydrogen (secondary N) is 1. The fourth-order valence-corrected chi connectivity index (χ4v) is 3.23. The van der Waals surface area contributed by atoms with E-state index in [0.29, 0.717) is 5.56 Å². The summed E-state index contributed by atoms with van der Waals surface area (Å²) in [5.41, 5.74) is 1.21. The van der Waals surface area contributed by atoms with Gasteiger partial charge in [0.1, 0.15) is 4.92 Å². The number of hydrogen-bond donors (Lipinski definition) is 1. The van der Waals surface area contributed by atoms with Crippen molar-refractivity contribution in [3.05, 3.63) is 92.7 Å².